The van der Waals surface area contributed by atoms with Gasteiger partial charge in [0, 0.05) is 25.1 Å². The number of hydrogen-bond acceptors (Lipinski definition) is 4. The highest BCUT2D eigenvalue weighted by Gasteiger charge is 2.20. The lowest BCUT2D eigenvalue weighted by Crippen LogP contribution is -2.25. The molecule has 0 saturated heterocycles. The van der Waals surface area contributed by atoms with Crippen molar-refractivity contribution in [3.05, 3.63) is 11.8 Å². The molecule has 2 N–H and O–H groups in total. The molecular formula is C13H22N4. The molecule has 0 spiro atoms. The van der Waals surface area contributed by atoms with Gasteiger partial charge in [-0.1, -0.05) is 12.8 Å². The Morgan fingerprint density at radius 1 is 1.24 bits per heavy atom. The summed E-state index contributed by atoms with van der Waals surface area (Å²) in [6.07, 6.45) is 5.12. The second kappa shape index (κ2) is 5.34. The largest absolute Gasteiger partial charge is 0.384 e. The third kappa shape index (κ3) is 2.68. The molecule has 0 aromatic carbocycles. The minimum atomic E-state index is 0.592. The van der Waals surface area contributed by atoms with Crippen LogP contribution in [0.5, 0.6) is 0 Å². The Hall–Kier alpha value is -1.32. The minimum absolute atomic E-state index is 0.592. The van der Waals surface area contributed by atoms with Crippen molar-refractivity contribution >= 4 is 11.8 Å². The second-order valence-electron chi connectivity index (χ2n) is 4.67. The van der Waals surface area contributed by atoms with E-state index in [1.165, 1.54) is 25.7 Å². The maximum Gasteiger partial charge on any atom is 0.227 e. The van der Waals surface area contributed by atoms with Crippen LogP contribution in [0.4, 0.5) is 11.8 Å². The monoisotopic (exact) mass is 234 g/mol. The van der Waals surface area contributed by atoms with E-state index in [4.69, 9.17) is 10.7 Å². The zero-order valence-electron chi connectivity index (χ0n) is 10.8. The van der Waals surface area contributed by atoms with Crippen molar-refractivity contribution in [3.63, 3.8) is 0 Å². The number of anilines is 2. The topological polar surface area (TPSA) is 55.0 Å². The summed E-state index contributed by atoms with van der Waals surface area (Å²) in [5.41, 5.74) is 7.03. The number of aromatic nitrogens is 2. The zero-order chi connectivity index (χ0) is 12.3. The predicted octanol–water partition coefficient (Wildman–Crippen LogP) is 2.56. The predicted molar refractivity (Wildman–Crippen MR) is 71.2 cm³/mol. The van der Waals surface area contributed by atoms with Gasteiger partial charge in [0.1, 0.15) is 5.82 Å². The van der Waals surface area contributed by atoms with Crippen LogP contribution in [0.1, 0.15) is 51.1 Å². The zero-order valence-corrected chi connectivity index (χ0v) is 10.8. The van der Waals surface area contributed by atoms with E-state index in [1.54, 1.807) is 0 Å². The third-order valence-electron chi connectivity index (χ3n) is 3.57. The van der Waals surface area contributed by atoms with Gasteiger partial charge in [0.05, 0.1) is 5.69 Å². The first-order chi connectivity index (χ1) is 8.24. The molecule has 4 nitrogen and oxygen atoms in total. The summed E-state index contributed by atoms with van der Waals surface area (Å²) >= 11 is 0. The highest BCUT2D eigenvalue weighted by atomic mass is 15.2. The van der Waals surface area contributed by atoms with Crippen LogP contribution >= 0.6 is 0 Å². The molecule has 0 radical (unpaired) electrons. The lowest BCUT2D eigenvalue weighted by Gasteiger charge is -2.20. The fourth-order valence-electron chi connectivity index (χ4n) is 2.55. The smallest absolute Gasteiger partial charge is 0.227 e. The van der Waals surface area contributed by atoms with E-state index in [1.807, 2.05) is 6.07 Å². The van der Waals surface area contributed by atoms with Crippen LogP contribution in [0.25, 0.3) is 0 Å². The van der Waals surface area contributed by atoms with Gasteiger partial charge in [0.15, 0.2) is 0 Å². The van der Waals surface area contributed by atoms with Gasteiger partial charge in [-0.25, -0.2) is 4.98 Å². The van der Waals surface area contributed by atoms with Crippen LogP contribution in [-0.4, -0.2) is 23.1 Å². The Labute approximate surface area is 103 Å². The Morgan fingerprint density at radius 2 is 1.88 bits per heavy atom. The summed E-state index contributed by atoms with van der Waals surface area (Å²) in [4.78, 5) is 11.2. The molecule has 0 bridgehead atoms. The lowest BCUT2D eigenvalue weighted by molar-refractivity contribution is 0.688. The Kier molecular flexibility index (Phi) is 3.82. The second-order valence-corrected chi connectivity index (χ2v) is 4.67. The number of nitrogens with two attached hydrogens (primary N) is 1. The van der Waals surface area contributed by atoms with Crippen LogP contribution in [0.3, 0.4) is 0 Å². The molecule has 17 heavy (non-hydrogen) atoms. The van der Waals surface area contributed by atoms with Gasteiger partial charge >= 0.3 is 0 Å². The van der Waals surface area contributed by atoms with Crippen molar-refractivity contribution in [3.8, 4) is 0 Å². The molecular weight excluding hydrogens is 212 g/mol. The van der Waals surface area contributed by atoms with Gasteiger partial charge in [0.2, 0.25) is 5.95 Å². The molecule has 0 amide bonds. The number of hydrogen-bond donors (Lipinski definition) is 1. The SMILES string of the molecule is CCN(CC)c1nc(N)cc(C2CCCC2)n1. The standard InChI is InChI=1S/C13H22N4/c1-3-17(4-2)13-15-11(9-12(14)16-13)10-7-5-6-8-10/h9-10H,3-8H2,1-2H3,(H2,14,15,16). The van der Waals surface area contributed by atoms with Gasteiger partial charge in [-0.15, -0.1) is 0 Å². The van der Waals surface area contributed by atoms with E-state index >= 15 is 0 Å². The van der Waals surface area contributed by atoms with E-state index < -0.39 is 0 Å². The number of rotatable bonds is 4. The van der Waals surface area contributed by atoms with Crippen molar-refractivity contribution in [2.75, 3.05) is 23.7 Å². The summed E-state index contributed by atoms with van der Waals surface area (Å²) in [6.45, 7) is 6.07. The fourth-order valence-corrected chi connectivity index (χ4v) is 2.55. The highest BCUT2D eigenvalue weighted by Crippen LogP contribution is 2.34. The molecule has 1 saturated carbocycles. The average Bonchev–Trinajstić information content (AvgIpc) is 2.83. The van der Waals surface area contributed by atoms with Crippen LogP contribution in [0.2, 0.25) is 0 Å². The molecule has 0 unspecified atom stereocenters. The van der Waals surface area contributed by atoms with Crippen molar-refractivity contribution in [2.24, 2.45) is 0 Å². The highest BCUT2D eigenvalue weighted by molar-refractivity contribution is 5.41. The van der Waals surface area contributed by atoms with Gasteiger partial charge < -0.3 is 10.6 Å². The molecule has 1 aromatic rings. The van der Waals surface area contributed by atoms with Crippen LogP contribution in [0.15, 0.2) is 6.07 Å². The van der Waals surface area contributed by atoms with Crippen molar-refractivity contribution in [1.29, 1.82) is 0 Å². The maximum absolute atomic E-state index is 5.90. The van der Waals surface area contributed by atoms with Crippen LogP contribution in [-0.2, 0) is 0 Å². The van der Waals surface area contributed by atoms with E-state index in [0.29, 0.717) is 11.7 Å². The van der Waals surface area contributed by atoms with Crippen molar-refractivity contribution in [1.82, 2.24) is 9.97 Å². The molecule has 1 fully saturated rings. The molecule has 1 aliphatic rings. The molecule has 2 rings (SSSR count). The van der Waals surface area contributed by atoms with Crippen LogP contribution < -0.4 is 10.6 Å². The molecule has 0 aliphatic heterocycles. The first-order valence-corrected chi connectivity index (χ1v) is 6.64. The third-order valence-corrected chi connectivity index (χ3v) is 3.57. The molecule has 94 valence electrons. The van der Waals surface area contributed by atoms with Crippen molar-refractivity contribution in [2.45, 2.75) is 45.4 Å². The fraction of sp³-hybridized carbons (Fsp3) is 0.692. The van der Waals surface area contributed by atoms with Crippen LogP contribution in [0, 0.1) is 0 Å². The summed E-state index contributed by atoms with van der Waals surface area (Å²) in [5.74, 6) is 1.98. The normalized spacial score (nSPS) is 16.4. The van der Waals surface area contributed by atoms with Crippen molar-refractivity contribution < 1.29 is 0 Å². The van der Waals surface area contributed by atoms with E-state index in [-0.39, 0.29) is 0 Å². The Balaban J connectivity index is 2.27. The molecule has 0 atom stereocenters. The first kappa shape index (κ1) is 12.1. The van der Waals surface area contributed by atoms with E-state index in [0.717, 1.165) is 24.7 Å². The molecule has 1 aromatic heterocycles. The average molecular weight is 234 g/mol. The van der Waals surface area contributed by atoms with E-state index in [9.17, 15) is 0 Å². The molecule has 1 aliphatic carbocycles. The number of nitrogens with zero attached hydrogens (tertiary/aromatic N) is 3. The summed E-state index contributed by atoms with van der Waals surface area (Å²) in [6, 6.07) is 1.95. The Morgan fingerprint density at radius 3 is 2.47 bits per heavy atom. The van der Waals surface area contributed by atoms with Gasteiger partial charge in [-0.05, 0) is 26.7 Å². The number of nitrogen functional groups attached to an aromatic ring is 1. The quantitative estimate of drug-likeness (QED) is 0.870. The van der Waals surface area contributed by atoms with Gasteiger partial charge in [0.25, 0.3) is 0 Å². The summed E-state index contributed by atoms with van der Waals surface area (Å²) in [5, 5.41) is 0. The molecule has 1 heterocycles. The Bertz CT molecular complexity index is 347. The summed E-state index contributed by atoms with van der Waals surface area (Å²) < 4.78 is 0. The summed E-state index contributed by atoms with van der Waals surface area (Å²) in [7, 11) is 0. The van der Waals surface area contributed by atoms with Gasteiger partial charge in [-0.2, -0.15) is 4.98 Å². The first-order valence-electron chi connectivity index (χ1n) is 6.64. The van der Waals surface area contributed by atoms with E-state index in [2.05, 4.69) is 23.7 Å². The van der Waals surface area contributed by atoms with Gasteiger partial charge in [-0.3, -0.25) is 0 Å². The maximum atomic E-state index is 5.90. The molecule has 4 heteroatoms. The minimum Gasteiger partial charge on any atom is -0.384 e. The lowest BCUT2D eigenvalue weighted by atomic mass is 10.0.